The fourth-order valence-electron chi connectivity index (χ4n) is 4.45. The smallest absolute Gasteiger partial charge is 0.296 e. The molecule has 4 N–H and O–H groups in total. The minimum atomic E-state index is -4.96. The van der Waals surface area contributed by atoms with Gasteiger partial charge in [-0.25, -0.2) is 16.8 Å². The number of fused-ring (bicyclic) bond motifs is 1. The Kier molecular flexibility index (Phi) is 10.7. The number of carbonyl (C=O) groups excluding carboxylic acids is 1. The maximum atomic E-state index is 12.4. The lowest BCUT2D eigenvalue weighted by Gasteiger charge is -2.12. The van der Waals surface area contributed by atoms with Gasteiger partial charge < -0.3 is 20.3 Å². The van der Waals surface area contributed by atoms with Crippen LogP contribution in [0.3, 0.4) is 0 Å². The van der Waals surface area contributed by atoms with Crippen molar-refractivity contribution in [3.05, 3.63) is 54.6 Å². The monoisotopic (exact) mass is 733 g/mol. The summed E-state index contributed by atoms with van der Waals surface area (Å²) < 4.78 is 88.8. The maximum Gasteiger partial charge on any atom is 0.296 e. The van der Waals surface area contributed by atoms with Crippen LogP contribution in [0.5, 0.6) is 17.2 Å². The van der Waals surface area contributed by atoms with Crippen molar-refractivity contribution in [2.75, 3.05) is 30.5 Å². The highest BCUT2D eigenvalue weighted by molar-refractivity contribution is 7.91. The van der Waals surface area contributed by atoms with Gasteiger partial charge in [-0.1, -0.05) is 13.8 Å². The maximum absolute atomic E-state index is 12.4. The average molecular weight is 734 g/mol. The number of rotatable bonds is 13. The molecule has 0 amide bonds. The number of methoxy groups -OCH3 is 1. The molecule has 0 unspecified atom stereocenters. The van der Waals surface area contributed by atoms with Crippen molar-refractivity contribution in [2.45, 2.75) is 35.5 Å². The van der Waals surface area contributed by atoms with E-state index in [0.717, 1.165) is 24.3 Å². The van der Waals surface area contributed by atoms with E-state index < -0.39 is 51.9 Å². The van der Waals surface area contributed by atoms with E-state index in [1.54, 1.807) is 0 Å². The van der Waals surface area contributed by atoms with Gasteiger partial charge in [-0.3, -0.25) is 9.35 Å². The van der Waals surface area contributed by atoms with Crippen molar-refractivity contribution in [1.82, 2.24) is 0 Å². The molecule has 19 heteroatoms. The van der Waals surface area contributed by atoms with Gasteiger partial charge in [-0.2, -0.15) is 8.42 Å². The normalized spacial score (nSPS) is 12.6. The van der Waals surface area contributed by atoms with E-state index in [0.29, 0.717) is 0 Å². The average Bonchev–Trinajstić information content (AvgIpc) is 3.05. The van der Waals surface area contributed by atoms with Crippen LogP contribution in [0.1, 0.15) is 20.8 Å². The van der Waals surface area contributed by atoms with Crippen LogP contribution in [0.15, 0.2) is 89.7 Å². The van der Waals surface area contributed by atoms with Gasteiger partial charge in [0.1, 0.15) is 49.8 Å². The number of aromatic hydroxyl groups is 2. The molecule has 0 aromatic heterocycles. The summed E-state index contributed by atoms with van der Waals surface area (Å²) in [5.41, 5.74) is -0.353. The summed E-state index contributed by atoms with van der Waals surface area (Å²) in [5, 5.41) is 41.0. The molecule has 49 heavy (non-hydrogen) atoms. The Morgan fingerprint density at radius 3 is 1.98 bits per heavy atom. The Hall–Kier alpha value is -4.98. The number of nitrogens with zero attached hydrogens (tertiary/aromatic N) is 4. The van der Waals surface area contributed by atoms with Crippen molar-refractivity contribution in [3.63, 3.8) is 0 Å². The molecule has 260 valence electrons. The molecule has 4 rings (SSSR count). The van der Waals surface area contributed by atoms with Gasteiger partial charge in [0, 0.05) is 22.9 Å². The van der Waals surface area contributed by atoms with Gasteiger partial charge >= 0.3 is 0 Å². The third-order valence-electron chi connectivity index (χ3n) is 7.10. The highest BCUT2D eigenvalue weighted by Crippen LogP contribution is 2.44. The molecule has 0 aliphatic carbocycles. The van der Waals surface area contributed by atoms with E-state index in [2.05, 4.69) is 25.8 Å². The number of ether oxygens (including phenoxy) is 1. The zero-order valence-electron chi connectivity index (χ0n) is 26.4. The number of Topliss-reactive ketones (excluding diaryl/α,β-unsaturated/α-hetero) is 1. The minimum Gasteiger partial charge on any atom is -0.506 e. The molecule has 0 aliphatic rings. The number of anilines is 1. The number of benzene rings is 4. The van der Waals surface area contributed by atoms with Gasteiger partial charge in [-0.15, -0.1) is 20.5 Å². The second kappa shape index (κ2) is 14.2. The van der Waals surface area contributed by atoms with Crippen molar-refractivity contribution in [2.24, 2.45) is 20.5 Å². The number of phenols is 2. The van der Waals surface area contributed by atoms with E-state index in [4.69, 9.17) is 4.74 Å². The first-order chi connectivity index (χ1) is 22.9. The fraction of sp³-hybridized carbons (Fsp3) is 0.233. The standard InChI is InChI=1S/C30H31N5O11S3/c1-5-47(39,40)18-7-10-21(27(13-18)49(43,44)45)32-35-29-19-8-12-23(30(38)20(19)9-11-22(29)31-16-17(3)36)33-34-24-14-26(46-4)28(15-25(24)37)48(41,42)6-2/h7-15,31,37-38H,5-6,16H2,1-4H3,(H,43,44,45)/b34-33+,35-32+. The first-order valence-electron chi connectivity index (χ1n) is 14.3. The molecule has 0 fully saturated rings. The Morgan fingerprint density at radius 1 is 0.755 bits per heavy atom. The number of carbonyl (C=O) groups is 1. The quantitative estimate of drug-likeness (QED) is 0.0922. The van der Waals surface area contributed by atoms with E-state index in [1.165, 1.54) is 58.2 Å². The first kappa shape index (κ1) is 36.8. The SMILES string of the molecule is CCS(=O)(=O)c1ccc(/N=N/c2c(NCC(C)=O)ccc3c(O)c(/N=N/c4cc(OC)c(S(=O)(=O)CC)cc4O)ccc23)c(S(=O)(=O)O)c1. The van der Waals surface area contributed by atoms with E-state index in [1.807, 2.05) is 0 Å². The molecule has 4 aromatic rings. The largest absolute Gasteiger partial charge is 0.506 e. The molecule has 0 heterocycles. The molecule has 0 aliphatic heterocycles. The molecular weight excluding hydrogens is 703 g/mol. The number of hydrogen-bond acceptors (Lipinski definition) is 15. The number of ketones is 1. The van der Waals surface area contributed by atoms with Crippen LogP contribution in [0.4, 0.5) is 28.4 Å². The summed E-state index contributed by atoms with van der Waals surface area (Å²) >= 11 is 0. The number of hydrogen-bond donors (Lipinski definition) is 4. The van der Waals surface area contributed by atoms with Gasteiger partial charge in [0.2, 0.25) is 0 Å². The minimum absolute atomic E-state index is 0.0270. The van der Waals surface area contributed by atoms with Crippen LogP contribution in [0.2, 0.25) is 0 Å². The highest BCUT2D eigenvalue weighted by Gasteiger charge is 2.23. The molecule has 0 spiro atoms. The highest BCUT2D eigenvalue weighted by atomic mass is 32.2. The van der Waals surface area contributed by atoms with E-state index >= 15 is 0 Å². The van der Waals surface area contributed by atoms with Gasteiger partial charge in [0.15, 0.2) is 25.4 Å². The topological polar surface area (TPSA) is 251 Å². The van der Waals surface area contributed by atoms with Crippen molar-refractivity contribution < 1.29 is 49.6 Å². The molecule has 4 aromatic carbocycles. The van der Waals surface area contributed by atoms with Gasteiger partial charge in [-0.05, 0) is 49.4 Å². The zero-order valence-corrected chi connectivity index (χ0v) is 28.9. The Balaban J connectivity index is 1.84. The predicted molar refractivity (Wildman–Crippen MR) is 180 cm³/mol. The third-order valence-corrected chi connectivity index (χ3v) is 11.5. The predicted octanol–water partition coefficient (Wildman–Crippen LogP) is 5.93. The second-order valence-corrected chi connectivity index (χ2v) is 16.3. The van der Waals surface area contributed by atoms with Crippen LogP contribution in [-0.2, 0) is 34.6 Å². The summed E-state index contributed by atoms with van der Waals surface area (Å²) in [7, 11) is -11.3. The van der Waals surface area contributed by atoms with E-state index in [9.17, 15) is 44.8 Å². The number of azo groups is 2. The third kappa shape index (κ3) is 8.02. The van der Waals surface area contributed by atoms with Crippen LogP contribution < -0.4 is 10.1 Å². The summed E-state index contributed by atoms with van der Waals surface area (Å²) in [5.74, 6) is -1.78. The summed E-state index contributed by atoms with van der Waals surface area (Å²) in [6.07, 6.45) is 0. The molecule has 0 radical (unpaired) electrons. The summed E-state index contributed by atoms with van der Waals surface area (Å²) in [4.78, 5) is 10.3. The Morgan fingerprint density at radius 2 is 1.37 bits per heavy atom. The Labute approximate surface area is 281 Å². The van der Waals surface area contributed by atoms with Crippen molar-refractivity contribution in [3.8, 4) is 17.2 Å². The van der Waals surface area contributed by atoms with Gasteiger partial charge in [0.25, 0.3) is 10.1 Å². The summed E-state index contributed by atoms with van der Waals surface area (Å²) in [6, 6.07) is 10.9. The van der Waals surface area contributed by atoms with Crippen molar-refractivity contribution in [1.29, 1.82) is 0 Å². The molecule has 0 saturated heterocycles. The molecule has 0 bridgehead atoms. The molecule has 0 saturated carbocycles. The van der Waals surface area contributed by atoms with E-state index in [-0.39, 0.29) is 72.9 Å². The lowest BCUT2D eigenvalue weighted by Crippen LogP contribution is -2.09. The summed E-state index contributed by atoms with van der Waals surface area (Å²) in [6.45, 7) is 4.02. The first-order valence-corrected chi connectivity index (χ1v) is 19.0. The second-order valence-electron chi connectivity index (χ2n) is 10.3. The van der Waals surface area contributed by atoms with Crippen LogP contribution >= 0.6 is 0 Å². The zero-order chi connectivity index (χ0) is 36.3. The van der Waals surface area contributed by atoms with Crippen molar-refractivity contribution >= 4 is 74.8 Å². The van der Waals surface area contributed by atoms with Gasteiger partial charge in [0.05, 0.1) is 35.7 Å². The fourth-order valence-corrected chi connectivity index (χ4v) is 7.13. The van der Waals surface area contributed by atoms with Crippen LogP contribution in [-0.4, -0.2) is 71.0 Å². The van der Waals surface area contributed by atoms with Crippen LogP contribution in [0.25, 0.3) is 10.8 Å². The number of sulfone groups is 2. The Bertz CT molecular complexity index is 2360. The molecule has 0 atom stereocenters. The lowest BCUT2D eigenvalue weighted by molar-refractivity contribution is -0.115. The molecular formula is C30H31N5O11S3. The molecule has 16 nitrogen and oxygen atoms in total. The van der Waals surface area contributed by atoms with Crippen LogP contribution in [0, 0.1) is 0 Å². The number of phenolic OH excluding ortho intramolecular Hbond substituents is 2. The lowest BCUT2D eigenvalue weighted by atomic mass is 10.1. The number of nitrogens with one attached hydrogen (secondary N) is 1.